The summed E-state index contributed by atoms with van der Waals surface area (Å²) in [7, 11) is 0. The molecule has 0 saturated heterocycles. The molecule has 1 aromatic heterocycles. The summed E-state index contributed by atoms with van der Waals surface area (Å²) in [5, 5.41) is 24.7. The normalized spacial score (nSPS) is 11.3. The minimum Gasteiger partial charge on any atom is -0.482 e. The Hall–Kier alpha value is -2.81. The van der Waals surface area contributed by atoms with Gasteiger partial charge < -0.3 is 14.9 Å². The molecule has 1 aromatic carbocycles. The van der Waals surface area contributed by atoms with Crippen molar-refractivity contribution >= 4 is 29.8 Å². The molecule has 8 nitrogen and oxygen atoms in total. The van der Waals surface area contributed by atoms with Gasteiger partial charge in [-0.2, -0.15) is 0 Å². The molecule has 2 aromatic rings. The van der Waals surface area contributed by atoms with Crippen molar-refractivity contribution in [2.24, 2.45) is 0 Å². The summed E-state index contributed by atoms with van der Waals surface area (Å²) in [6, 6.07) is 6.46. The average Bonchev–Trinajstić information content (AvgIpc) is 2.90. The van der Waals surface area contributed by atoms with Gasteiger partial charge in [0.25, 0.3) is 0 Å². The molecule has 3 N–H and O–H groups in total. The molecule has 23 heavy (non-hydrogen) atoms. The summed E-state index contributed by atoms with van der Waals surface area (Å²) in [6.07, 6.45) is 1.44. The lowest BCUT2D eigenvalue weighted by Gasteiger charge is -2.04. The highest BCUT2D eigenvalue weighted by Crippen LogP contribution is 2.26. The van der Waals surface area contributed by atoms with Crippen molar-refractivity contribution in [2.75, 3.05) is 6.61 Å². The van der Waals surface area contributed by atoms with Gasteiger partial charge in [-0.1, -0.05) is 12.1 Å². The van der Waals surface area contributed by atoms with E-state index >= 15 is 0 Å². The molecule has 0 radical (unpaired) electrons. The molecule has 1 heterocycles. The minimum absolute atomic E-state index is 0.0272. The molecule has 2 rings (SSSR count). The van der Waals surface area contributed by atoms with E-state index in [0.29, 0.717) is 22.3 Å². The van der Waals surface area contributed by atoms with Gasteiger partial charge in [0, 0.05) is 0 Å². The third kappa shape index (κ3) is 5.15. The molecule has 0 bridgehead atoms. The van der Waals surface area contributed by atoms with E-state index in [0.717, 1.165) is 11.8 Å². The molecule has 0 aliphatic heterocycles. The predicted octanol–water partition coefficient (Wildman–Crippen LogP) is 1.79. The van der Waals surface area contributed by atoms with E-state index < -0.39 is 18.5 Å². The molecule has 0 saturated carbocycles. The summed E-state index contributed by atoms with van der Waals surface area (Å²) in [4.78, 5) is 25.9. The maximum atomic E-state index is 11.4. The minimum atomic E-state index is -1.12. The van der Waals surface area contributed by atoms with E-state index in [1.807, 2.05) is 0 Å². The fourth-order valence-electron chi connectivity index (χ4n) is 1.59. The van der Waals surface area contributed by atoms with Crippen LogP contribution in [0.5, 0.6) is 5.75 Å². The van der Waals surface area contributed by atoms with Gasteiger partial charge in [-0.05, 0) is 42.5 Å². The van der Waals surface area contributed by atoms with Crippen LogP contribution < -0.4 is 4.74 Å². The number of nitrogens with zero attached hydrogens (tertiary/aromatic N) is 2. The monoisotopic (exact) mass is 335 g/mol. The third-order valence-electron chi connectivity index (χ3n) is 2.51. The standard InChI is InChI=1S/C14H13N3O5S/c1-8-15-14(17-16-8)23-11(13(20)21)6-9-3-2-4-10(5-9)22-7-12(18)19/h2-6H,7H2,1H3,(H,18,19)(H,20,21)(H,15,16,17)/b11-6-. The van der Waals surface area contributed by atoms with Crippen LogP contribution in [0, 0.1) is 6.92 Å². The lowest BCUT2D eigenvalue weighted by Crippen LogP contribution is -2.09. The van der Waals surface area contributed by atoms with E-state index in [9.17, 15) is 14.7 Å². The van der Waals surface area contributed by atoms with Crippen LogP contribution in [0.4, 0.5) is 0 Å². The lowest BCUT2D eigenvalue weighted by atomic mass is 10.2. The van der Waals surface area contributed by atoms with E-state index in [1.165, 1.54) is 6.08 Å². The Morgan fingerprint density at radius 2 is 2.17 bits per heavy atom. The number of nitrogens with one attached hydrogen (secondary N) is 1. The van der Waals surface area contributed by atoms with Gasteiger partial charge in [0.05, 0.1) is 0 Å². The van der Waals surface area contributed by atoms with Gasteiger partial charge >= 0.3 is 11.9 Å². The van der Waals surface area contributed by atoms with E-state index in [4.69, 9.17) is 9.84 Å². The van der Waals surface area contributed by atoms with Crippen LogP contribution in [0.2, 0.25) is 0 Å². The molecule has 0 amide bonds. The molecule has 0 aliphatic carbocycles. The summed E-state index contributed by atoms with van der Waals surface area (Å²) in [5.74, 6) is -1.28. The maximum absolute atomic E-state index is 11.4. The molecule has 0 spiro atoms. The predicted molar refractivity (Wildman–Crippen MR) is 82.2 cm³/mol. The molecular formula is C14H13N3O5S. The number of H-pyrrole nitrogens is 1. The fraction of sp³-hybridized carbons (Fsp3) is 0.143. The Kier molecular flexibility index (Phi) is 5.36. The first-order valence-corrected chi connectivity index (χ1v) is 7.22. The number of rotatable bonds is 7. The van der Waals surface area contributed by atoms with Crippen LogP contribution in [-0.4, -0.2) is 43.9 Å². The zero-order valence-corrected chi connectivity index (χ0v) is 12.8. The first-order valence-electron chi connectivity index (χ1n) is 6.40. The Bertz CT molecular complexity index is 756. The SMILES string of the molecule is Cc1nc(S/C(=C\c2cccc(OCC(=O)O)c2)C(=O)O)n[nH]1. The first kappa shape index (κ1) is 16.6. The second kappa shape index (κ2) is 7.45. The highest BCUT2D eigenvalue weighted by atomic mass is 32.2. The van der Waals surface area contributed by atoms with Crippen molar-refractivity contribution in [3.05, 3.63) is 40.6 Å². The lowest BCUT2D eigenvalue weighted by molar-refractivity contribution is -0.139. The van der Waals surface area contributed by atoms with Crippen LogP contribution in [0.3, 0.4) is 0 Å². The number of thioether (sulfide) groups is 1. The molecule has 9 heteroatoms. The number of aromatic nitrogens is 3. The van der Waals surface area contributed by atoms with Gasteiger partial charge in [0.1, 0.15) is 16.5 Å². The Morgan fingerprint density at radius 3 is 2.78 bits per heavy atom. The van der Waals surface area contributed by atoms with Gasteiger partial charge in [-0.15, -0.1) is 5.10 Å². The highest BCUT2D eigenvalue weighted by Gasteiger charge is 2.13. The zero-order valence-electron chi connectivity index (χ0n) is 12.0. The largest absolute Gasteiger partial charge is 0.482 e. The van der Waals surface area contributed by atoms with Crippen molar-refractivity contribution < 1.29 is 24.5 Å². The molecular weight excluding hydrogens is 322 g/mol. The van der Waals surface area contributed by atoms with Crippen molar-refractivity contribution in [3.63, 3.8) is 0 Å². The number of aryl methyl sites for hydroxylation is 1. The third-order valence-corrected chi connectivity index (χ3v) is 3.38. The molecule has 0 unspecified atom stereocenters. The summed E-state index contributed by atoms with van der Waals surface area (Å²) >= 11 is 0.910. The maximum Gasteiger partial charge on any atom is 0.342 e. The Labute approximate surface area is 135 Å². The quantitative estimate of drug-likeness (QED) is 0.516. The molecule has 0 fully saturated rings. The van der Waals surface area contributed by atoms with Gasteiger partial charge in [0.15, 0.2) is 6.61 Å². The van der Waals surface area contributed by atoms with Crippen LogP contribution in [0.1, 0.15) is 11.4 Å². The van der Waals surface area contributed by atoms with Gasteiger partial charge in [-0.3, -0.25) is 5.10 Å². The number of benzene rings is 1. The van der Waals surface area contributed by atoms with Crippen molar-refractivity contribution in [1.82, 2.24) is 15.2 Å². The number of hydrogen-bond donors (Lipinski definition) is 3. The van der Waals surface area contributed by atoms with Gasteiger partial charge in [-0.25, -0.2) is 14.6 Å². The fourth-order valence-corrected chi connectivity index (χ4v) is 2.34. The van der Waals surface area contributed by atoms with E-state index in [-0.39, 0.29) is 4.91 Å². The number of aliphatic carboxylic acids is 2. The Morgan fingerprint density at radius 1 is 1.39 bits per heavy atom. The van der Waals surface area contributed by atoms with Crippen molar-refractivity contribution in [2.45, 2.75) is 12.1 Å². The van der Waals surface area contributed by atoms with Crippen LogP contribution >= 0.6 is 11.8 Å². The number of carbonyl (C=O) groups is 2. The highest BCUT2D eigenvalue weighted by molar-refractivity contribution is 8.04. The average molecular weight is 335 g/mol. The number of aromatic amines is 1. The van der Waals surface area contributed by atoms with Crippen LogP contribution in [0.15, 0.2) is 34.3 Å². The summed E-state index contributed by atoms with van der Waals surface area (Å²) in [5.41, 5.74) is 0.560. The van der Waals surface area contributed by atoms with Gasteiger partial charge in [0.2, 0.25) is 5.16 Å². The second-order valence-corrected chi connectivity index (χ2v) is 5.38. The van der Waals surface area contributed by atoms with Crippen molar-refractivity contribution in [1.29, 1.82) is 0 Å². The zero-order chi connectivity index (χ0) is 16.8. The number of carboxylic acids is 2. The topological polar surface area (TPSA) is 125 Å². The number of carboxylic acid groups (broad SMARTS) is 2. The molecule has 0 atom stereocenters. The smallest absolute Gasteiger partial charge is 0.342 e. The number of ether oxygens (including phenoxy) is 1. The summed E-state index contributed by atoms with van der Waals surface area (Å²) in [6.45, 7) is 1.24. The second-order valence-electron chi connectivity index (χ2n) is 4.37. The summed E-state index contributed by atoms with van der Waals surface area (Å²) < 4.78 is 5.06. The van der Waals surface area contributed by atoms with E-state index in [2.05, 4.69) is 15.2 Å². The first-order chi connectivity index (χ1) is 10.9. The molecule has 0 aliphatic rings. The molecule has 120 valence electrons. The van der Waals surface area contributed by atoms with Crippen LogP contribution in [-0.2, 0) is 9.59 Å². The van der Waals surface area contributed by atoms with Crippen LogP contribution in [0.25, 0.3) is 6.08 Å². The van der Waals surface area contributed by atoms with Crippen molar-refractivity contribution in [3.8, 4) is 5.75 Å². The van der Waals surface area contributed by atoms with E-state index in [1.54, 1.807) is 31.2 Å². The Balaban J connectivity index is 2.19. The number of hydrogen-bond acceptors (Lipinski definition) is 6.